The number of cyclic esters (lactones) is 1. The van der Waals surface area contributed by atoms with Crippen LogP contribution >= 0.6 is 0 Å². The smallest absolute Gasteiger partial charge is 0.429 e. The van der Waals surface area contributed by atoms with Crippen LogP contribution in [0.25, 0.3) is 0 Å². The molecule has 0 radical (unpaired) electrons. The van der Waals surface area contributed by atoms with Gasteiger partial charge >= 0.3 is 6.09 Å². The fourth-order valence-electron chi connectivity index (χ4n) is 4.51. The number of nitrogens with zero attached hydrogens (tertiary/aromatic N) is 5. The van der Waals surface area contributed by atoms with Crippen LogP contribution in [-0.2, 0) is 4.74 Å². The number of hydrogen-bond donors (Lipinski definition) is 1. The van der Waals surface area contributed by atoms with Crippen molar-refractivity contribution in [3.8, 4) is 0 Å². The molecule has 0 spiro atoms. The molecular weight excluding hydrogens is 408 g/mol. The number of carbonyl (C=O) groups is 2. The van der Waals surface area contributed by atoms with Gasteiger partial charge in [-0.25, -0.2) is 19.8 Å². The SMILES string of the molecule is CC(C)[C@H]1COC(=O)N1N1CC=CN=C1N[C@@H](C)C1CCN(C(=O)c2ccncc2)CC1. The normalized spacial score (nSPS) is 22.8. The van der Waals surface area contributed by atoms with Gasteiger partial charge in [0, 0.05) is 43.3 Å². The summed E-state index contributed by atoms with van der Waals surface area (Å²) in [5.74, 6) is 1.40. The molecule has 0 aromatic carbocycles. The second-order valence-electron chi connectivity index (χ2n) is 8.95. The van der Waals surface area contributed by atoms with Gasteiger partial charge in [0.1, 0.15) is 6.61 Å². The van der Waals surface area contributed by atoms with Crippen LogP contribution in [0, 0.1) is 11.8 Å². The van der Waals surface area contributed by atoms with Crippen molar-refractivity contribution in [2.45, 2.75) is 45.7 Å². The van der Waals surface area contributed by atoms with E-state index >= 15 is 0 Å². The number of piperidine rings is 1. The highest BCUT2D eigenvalue weighted by molar-refractivity contribution is 5.94. The van der Waals surface area contributed by atoms with Gasteiger partial charge < -0.3 is 15.0 Å². The molecule has 2 atom stereocenters. The van der Waals surface area contributed by atoms with Gasteiger partial charge in [0.2, 0.25) is 5.96 Å². The highest BCUT2D eigenvalue weighted by Gasteiger charge is 2.41. The highest BCUT2D eigenvalue weighted by Crippen LogP contribution is 2.25. The van der Waals surface area contributed by atoms with E-state index in [-0.39, 0.29) is 30.0 Å². The zero-order valence-corrected chi connectivity index (χ0v) is 19.0. The lowest BCUT2D eigenvalue weighted by Gasteiger charge is -2.40. The molecule has 9 nitrogen and oxygen atoms in total. The van der Waals surface area contributed by atoms with E-state index in [9.17, 15) is 9.59 Å². The highest BCUT2D eigenvalue weighted by atomic mass is 16.6. The van der Waals surface area contributed by atoms with Gasteiger partial charge in [0.05, 0.1) is 12.6 Å². The van der Waals surface area contributed by atoms with Crippen molar-refractivity contribution in [3.05, 3.63) is 42.4 Å². The van der Waals surface area contributed by atoms with Crippen LogP contribution in [0.15, 0.2) is 41.8 Å². The van der Waals surface area contributed by atoms with Crippen LogP contribution < -0.4 is 5.32 Å². The molecule has 0 saturated carbocycles. The Kier molecular flexibility index (Phi) is 6.62. The minimum absolute atomic E-state index is 0.0151. The molecule has 172 valence electrons. The number of hydrazine groups is 1. The van der Waals surface area contributed by atoms with Crippen molar-refractivity contribution in [2.24, 2.45) is 16.8 Å². The summed E-state index contributed by atoms with van der Waals surface area (Å²) in [6.07, 6.45) is 8.50. The number of aromatic nitrogens is 1. The van der Waals surface area contributed by atoms with Crippen LogP contribution in [-0.4, -0.2) is 76.2 Å². The van der Waals surface area contributed by atoms with Gasteiger partial charge in [0.25, 0.3) is 5.91 Å². The van der Waals surface area contributed by atoms with Crippen LogP contribution in [0.1, 0.15) is 44.0 Å². The first-order valence-electron chi connectivity index (χ1n) is 11.4. The van der Waals surface area contributed by atoms with Crippen molar-refractivity contribution >= 4 is 18.0 Å². The maximum atomic E-state index is 12.7. The average Bonchev–Trinajstić information content (AvgIpc) is 3.21. The van der Waals surface area contributed by atoms with E-state index in [2.05, 4.69) is 36.1 Å². The third-order valence-corrected chi connectivity index (χ3v) is 6.55. The maximum absolute atomic E-state index is 12.7. The molecule has 1 N–H and O–H groups in total. The van der Waals surface area contributed by atoms with Gasteiger partial charge in [0.15, 0.2) is 0 Å². The van der Waals surface area contributed by atoms with E-state index in [1.54, 1.807) is 35.7 Å². The third kappa shape index (κ3) is 4.56. The van der Waals surface area contributed by atoms with Crippen LogP contribution in [0.5, 0.6) is 0 Å². The predicted molar refractivity (Wildman–Crippen MR) is 121 cm³/mol. The summed E-state index contributed by atoms with van der Waals surface area (Å²) >= 11 is 0. The van der Waals surface area contributed by atoms with Gasteiger partial charge in [-0.2, -0.15) is 0 Å². The van der Waals surface area contributed by atoms with Crippen LogP contribution in [0.3, 0.4) is 0 Å². The number of pyridine rings is 1. The summed E-state index contributed by atoms with van der Waals surface area (Å²) in [6, 6.07) is 3.65. The monoisotopic (exact) mass is 440 g/mol. The van der Waals surface area contributed by atoms with Gasteiger partial charge in [-0.15, -0.1) is 0 Å². The summed E-state index contributed by atoms with van der Waals surface area (Å²) in [7, 11) is 0. The Balaban J connectivity index is 1.36. The molecule has 9 heteroatoms. The van der Waals surface area contributed by atoms with Crippen LogP contribution in [0.2, 0.25) is 0 Å². The predicted octanol–water partition coefficient (Wildman–Crippen LogP) is 2.49. The maximum Gasteiger partial charge on any atom is 0.429 e. The van der Waals surface area contributed by atoms with Crippen molar-refractivity contribution in [3.63, 3.8) is 0 Å². The molecule has 2 fully saturated rings. The Hall–Kier alpha value is -3.10. The number of guanidine groups is 1. The lowest BCUT2D eigenvalue weighted by atomic mass is 9.90. The molecule has 2 saturated heterocycles. The topological polar surface area (TPSA) is 90.4 Å². The Morgan fingerprint density at radius 1 is 1.19 bits per heavy atom. The fourth-order valence-corrected chi connectivity index (χ4v) is 4.51. The first-order chi connectivity index (χ1) is 15.5. The molecule has 1 aromatic rings. The Morgan fingerprint density at radius 3 is 2.59 bits per heavy atom. The zero-order valence-electron chi connectivity index (χ0n) is 19.0. The number of rotatable bonds is 5. The van der Waals surface area contributed by atoms with Crippen molar-refractivity contribution in [2.75, 3.05) is 26.2 Å². The summed E-state index contributed by atoms with van der Waals surface area (Å²) < 4.78 is 5.33. The number of likely N-dealkylation sites (tertiary alicyclic amines) is 1. The molecule has 0 unspecified atom stereocenters. The van der Waals surface area contributed by atoms with Crippen molar-refractivity contribution in [1.29, 1.82) is 0 Å². The van der Waals surface area contributed by atoms with Gasteiger partial charge in [-0.3, -0.25) is 9.78 Å². The molecule has 32 heavy (non-hydrogen) atoms. The molecule has 2 amide bonds. The third-order valence-electron chi connectivity index (χ3n) is 6.55. The van der Waals surface area contributed by atoms with Crippen LogP contribution in [0.4, 0.5) is 4.79 Å². The van der Waals surface area contributed by atoms with E-state index in [1.807, 2.05) is 16.0 Å². The van der Waals surface area contributed by atoms with E-state index in [0.717, 1.165) is 25.9 Å². The second kappa shape index (κ2) is 9.58. The summed E-state index contributed by atoms with van der Waals surface area (Å²) in [5.41, 5.74) is 0.681. The van der Waals surface area contributed by atoms with Crippen molar-refractivity contribution < 1.29 is 14.3 Å². The molecule has 0 aliphatic carbocycles. The Labute approximate surface area is 189 Å². The second-order valence-corrected chi connectivity index (χ2v) is 8.95. The first-order valence-corrected chi connectivity index (χ1v) is 11.4. The summed E-state index contributed by atoms with van der Waals surface area (Å²) in [4.78, 5) is 35.6. The fraction of sp³-hybridized carbons (Fsp3) is 0.565. The molecular formula is C23H32N6O3. The van der Waals surface area contributed by atoms with E-state index < -0.39 is 0 Å². The average molecular weight is 441 g/mol. The first kappa shape index (κ1) is 22.1. The molecule has 4 heterocycles. The lowest BCUT2D eigenvalue weighted by molar-refractivity contribution is 0.0494. The molecule has 0 bridgehead atoms. The number of nitrogens with one attached hydrogen (secondary N) is 1. The standard InChI is InChI=1S/C23H32N6O3/c1-16(2)20-15-32-23(31)29(20)28-12-4-9-25-22(28)26-17(3)18-7-13-27(14-8-18)21(30)19-5-10-24-11-6-19/h4-6,9-11,16-18,20H,7-8,12-15H2,1-3H3,(H,25,26)/t17-,20+/m0/s1. The van der Waals surface area contributed by atoms with Gasteiger partial charge in [-0.1, -0.05) is 13.8 Å². The minimum atomic E-state index is -0.330. The van der Waals surface area contributed by atoms with E-state index in [4.69, 9.17) is 4.74 Å². The largest absolute Gasteiger partial charge is 0.446 e. The summed E-state index contributed by atoms with van der Waals surface area (Å²) in [5, 5.41) is 7.12. The number of carbonyl (C=O) groups excluding carboxylic acids is 2. The number of ether oxygens (including phenoxy) is 1. The minimum Gasteiger partial charge on any atom is -0.446 e. The number of amides is 2. The van der Waals surface area contributed by atoms with E-state index in [0.29, 0.717) is 30.6 Å². The van der Waals surface area contributed by atoms with Crippen molar-refractivity contribution in [1.82, 2.24) is 25.2 Å². The summed E-state index contributed by atoms with van der Waals surface area (Å²) in [6.45, 7) is 8.73. The molecule has 4 rings (SSSR count). The number of hydrogen-bond acceptors (Lipinski definition) is 7. The molecule has 3 aliphatic heterocycles. The van der Waals surface area contributed by atoms with Gasteiger partial charge in [-0.05, 0) is 49.8 Å². The molecule has 1 aromatic heterocycles. The molecule has 3 aliphatic rings. The number of aliphatic imine (C=N–C) groups is 1. The quantitative estimate of drug-likeness (QED) is 0.757. The Bertz CT molecular complexity index is 879. The zero-order chi connectivity index (χ0) is 22.7. The lowest BCUT2D eigenvalue weighted by Crippen LogP contribution is -2.59. The Morgan fingerprint density at radius 2 is 1.91 bits per heavy atom. The van der Waals surface area contributed by atoms with E-state index in [1.165, 1.54) is 0 Å².